The Hall–Kier alpha value is -2.88. The molecule has 0 spiro atoms. The van der Waals surface area contributed by atoms with Gasteiger partial charge in [-0.25, -0.2) is 4.98 Å². The predicted molar refractivity (Wildman–Crippen MR) is 116 cm³/mol. The highest BCUT2D eigenvalue weighted by molar-refractivity contribution is 5.78. The number of amides is 1. The highest BCUT2D eigenvalue weighted by Crippen LogP contribution is 2.34. The number of rotatable bonds is 7. The first-order valence-electron chi connectivity index (χ1n) is 10.8. The molecular formula is C22H27F3N6O. The van der Waals surface area contributed by atoms with Gasteiger partial charge in [0.05, 0.1) is 0 Å². The van der Waals surface area contributed by atoms with Crippen LogP contribution in [0.2, 0.25) is 0 Å². The molecule has 2 aliphatic rings. The summed E-state index contributed by atoms with van der Waals surface area (Å²) in [7, 11) is 2.07. The fourth-order valence-corrected chi connectivity index (χ4v) is 4.10. The zero-order valence-corrected chi connectivity index (χ0v) is 18.0. The summed E-state index contributed by atoms with van der Waals surface area (Å²) in [5, 5.41) is 5.81. The molecular weight excluding hydrogens is 421 g/mol. The summed E-state index contributed by atoms with van der Waals surface area (Å²) in [4.78, 5) is 23.6. The average Bonchev–Trinajstić information content (AvgIpc) is 3.15. The van der Waals surface area contributed by atoms with Crippen molar-refractivity contribution in [3.05, 3.63) is 41.1 Å². The van der Waals surface area contributed by atoms with Crippen LogP contribution >= 0.6 is 0 Å². The number of alkyl halides is 3. The van der Waals surface area contributed by atoms with Gasteiger partial charge >= 0.3 is 6.18 Å². The number of hydrogen-bond donors (Lipinski definition) is 2. The molecule has 1 aromatic heterocycles. The molecule has 2 N–H and O–H groups in total. The van der Waals surface area contributed by atoms with Crippen LogP contribution in [0, 0.1) is 0 Å². The Morgan fingerprint density at radius 2 is 2.00 bits per heavy atom. The number of nitrogens with one attached hydrogen (secondary N) is 2. The van der Waals surface area contributed by atoms with Crippen molar-refractivity contribution < 1.29 is 18.0 Å². The Morgan fingerprint density at radius 3 is 2.75 bits per heavy atom. The van der Waals surface area contributed by atoms with Crippen molar-refractivity contribution in [1.82, 2.24) is 19.8 Å². The van der Waals surface area contributed by atoms with E-state index in [-0.39, 0.29) is 24.2 Å². The summed E-state index contributed by atoms with van der Waals surface area (Å²) < 4.78 is 40.3. The molecule has 10 heteroatoms. The molecule has 1 saturated heterocycles. The molecule has 1 amide bonds. The lowest BCUT2D eigenvalue weighted by Gasteiger charge is -2.25. The second-order valence-corrected chi connectivity index (χ2v) is 8.31. The number of halogens is 3. The van der Waals surface area contributed by atoms with Crippen molar-refractivity contribution in [1.29, 1.82) is 0 Å². The summed E-state index contributed by atoms with van der Waals surface area (Å²) in [5.74, 6) is -0.0587. The van der Waals surface area contributed by atoms with Crippen LogP contribution in [0.15, 0.2) is 24.4 Å². The van der Waals surface area contributed by atoms with Crippen molar-refractivity contribution in [2.24, 2.45) is 0 Å². The Kier molecular flexibility index (Phi) is 6.50. The third-order valence-corrected chi connectivity index (χ3v) is 5.83. The molecule has 32 heavy (non-hydrogen) atoms. The summed E-state index contributed by atoms with van der Waals surface area (Å²) in [6, 6.07) is 5.92. The maximum absolute atomic E-state index is 13.4. The molecule has 0 aliphatic carbocycles. The van der Waals surface area contributed by atoms with Crippen LogP contribution in [0.4, 0.5) is 30.6 Å². The summed E-state index contributed by atoms with van der Waals surface area (Å²) >= 11 is 0. The number of anilines is 3. The van der Waals surface area contributed by atoms with E-state index >= 15 is 0 Å². The number of carbonyl (C=O) groups excluding carboxylic acids is 1. The third-order valence-electron chi connectivity index (χ3n) is 5.83. The molecule has 0 bridgehead atoms. The Bertz CT molecular complexity index is 981. The van der Waals surface area contributed by atoms with Crippen LogP contribution < -0.4 is 10.6 Å². The van der Waals surface area contributed by atoms with Gasteiger partial charge in [-0.15, -0.1) is 0 Å². The van der Waals surface area contributed by atoms with Crippen LogP contribution in [0.3, 0.4) is 0 Å². The van der Waals surface area contributed by atoms with Crippen molar-refractivity contribution in [2.45, 2.75) is 38.4 Å². The maximum atomic E-state index is 13.4. The highest BCUT2D eigenvalue weighted by Gasteiger charge is 2.35. The number of likely N-dealkylation sites (tertiary alicyclic amines) is 1. The van der Waals surface area contributed by atoms with Crippen molar-refractivity contribution in [3.63, 3.8) is 0 Å². The fourth-order valence-electron chi connectivity index (χ4n) is 4.10. The van der Waals surface area contributed by atoms with Gasteiger partial charge in [-0.1, -0.05) is 6.07 Å². The molecule has 0 unspecified atom stereocenters. The lowest BCUT2D eigenvalue weighted by Crippen LogP contribution is -2.27. The van der Waals surface area contributed by atoms with Gasteiger partial charge in [0.1, 0.15) is 11.4 Å². The smallest absolute Gasteiger partial charge is 0.369 e. The number of aromatic nitrogens is 2. The molecule has 7 nitrogen and oxygen atoms in total. The predicted octanol–water partition coefficient (Wildman–Crippen LogP) is 3.65. The summed E-state index contributed by atoms with van der Waals surface area (Å²) in [6.45, 7) is 3.35. The van der Waals surface area contributed by atoms with E-state index in [1.54, 1.807) is 4.90 Å². The minimum Gasteiger partial charge on any atom is -0.369 e. The van der Waals surface area contributed by atoms with E-state index in [1.165, 1.54) is 11.1 Å². The van der Waals surface area contributed by atoms with Gasteiger partial charge < -0.3 is 20.4 Å². The lowest BCUT2D eigenvalue weighted by molar-refractivity contribution is -0.137. The lowest BCUT2D eigenvalue weighted by atomic mass is 9.99. The first-order chi connectivity index (χ1) is 15.3. The number of hydrogen-bond acceptors (Lipinski definition) is 6. The topological polar surface area (TPSA) is 73.4 Å². The normalized spacial score (nSPS) is 16.9. The zero-order valence-electron chi connectivity index (χ0n) is 18.0. The summed E-state index contributed by atoms with van der Waals surface area (Å²) in [6.07, 6.45) is -0.925. The molecule has 2 aliphatic heterocycles. The number of nitrogens with zero attached hydrogens (tertiary/aromatic N) is 4. The molecule has 0 radical (unpaired) electrons. The van der Waals surface area contributed by atoms with E-state index in [0.29, 0.717) is 25.9 Å². The van der Waals surface area contributed by atoms with Crippen LogP contribution in [0.1, 0.15) is 36.0 Å². The second-order valence-electron chi connectivity index (χ2n) is 8.31. The molecule has 0 saturated carbocycles. The SMILES string of the molecule is CN1CCc2cc(Nc3ncc(C(F)(F)F)c(NCCCN4CCCC4=O)n3)ccc2C1. The highest BCUT2D eigenvalue weighted by atomic mass is 19.4. The van der Waals surface area contributed by atoms with Gasteiger partial charge in [0, 0.05) is 51.0 Å². The van der Waals surface area contributed by atoms with Crippen LogP contribution in [-0.4, -0.2) is 58.9 Å². The van der Waals surface area contributed by atoms with Gasteiger partial charge in [-0.3, -0.25) is 4.79 Å². The van der Waals surface area contributed by atoms with Gasteiger partial charge in [0.15, 0.2) is 0 Å². The van der Waals surface area contributed by atoms with Crippen molar-refractivity contribution >= 4 is 23.4 Å². The molecule has 1 fully saturated rings. The van der Waals surface area contributed by atoms with Gasteiger partial charge in [-0.05, 0) is 49.6 Å². The van der Waals surface area contributed by atoms with E-state index in [9.17, 15) is 18.0 Å². The van der Waals surface area contributed by atoms with Crippen LogP contribution in [0.5, 0.6) is 0 Å². The molecule has 2 aromatic rings. The standard InChI is InChI=1S/C22H27F3N6O/c1-30-11-7-15-12-17(6-5-16(15)14-30)28-21-27-13-18(22(23,24)25)20(29-21)26-8-3-10-31-9-2-4-19(31)32/h5-6,12-13H,2-4,7-11,14H2,1H3,(H2,26,27,28,29). The van der Waals surface area contributed by atoms with E-state index in [2.05, 4.69) is 32.5 Å². The first-order valence-corrected chi connectivity index (χ1v) is 10.8. The van der Waals surface area contributed by atoms with Gasteiger partial charge in [0.2, 0.25) is 11.9 Å². The molecule has 3 heterocycles. The second kappa shape index (κ2) is 9.32. The van der Waals surface area contributed by atoms with E-state index in [4.69, 9.17) is 0 Å². The van der Waals surface area contributed by atoms with Gasteiger partial charge in [-0.2, -0.15) is 18.2 Å². The molecule has 1 aromatic carbocycles. The van der Waals surface area contributed by atoms with Crippen LogP contribution in [-0.2, 0) is 23.9 Å². The Balaban J connectivity index is 1.44. The summed E-state index contributed by atoms with van der Waals surface area (Å²) in [5.41, 5.74) is 2.30. The van der Waals surface area contributed by atoms with Crippen molar-refractivity contribution in [2.75, 3.05) is 43.9 Å². The maximum Gasteiger partial charge on any atom is 0.421 e. The monoisotopic (exact) mass is 448 g/mol. The van der Waals surface area contributed by atoms with E-state index in [1.807, 2.05) is 18.2 Å². The number of carbonyl (C=O) groups is 1. The molecule has 4 rings (SSSR count). The fraction of sp³-hybridized carbons (Fsp3) is 0.500. The van der Waals surface area contributed by atoms with E-state index in [0.717, 1.165) is 37.8 Å². The number of likely N-dealkylation sites (N-methyl/N-ethyl adjacent to an activating group) is 1. The minimum atomic E-state index is -4.57. The van der Waals surface area contributed by atoms with Gasteiger partial charge in [0.25, 0.3) is 0 Å². The third kappa shape index (κ3) is 5.29. The number of fused-ring (bicyclic) bond motifs is 1. The Morgan fingerprint density at radius 1 is 1.16 bits per heavy atom. The Labute approximate surface area is 185 Å². The first kappa shape index (κ1) is 22.3. The van der Waals surface area contributed by atoms with Crippen LogP contribution in [0.25, 0.3) is 0 Å². The minimum absolute atomic E-state index is 0.100. The average molecular weight is 448 g/mol. The van der Waals surface area contributed by atoms with E-state index < -0.39 is 11.7 Å². The zero-order chi connectivity index (χ0) is 22.7. The number of benzene rings is 1. The largest absolute Gasteiger partial charge is 0.421 e. The molecule has 0 atom stereocenters. The quantitative estimate of drug-likeness (QED) is 0.630. The van der Waals surface area contributed by atoms with Crippen molar-refractivity contribution in [3.8, 4) is 0 Å². The molecule has 172 valence electrons.